The molecule has 1 saturated carbocycles. The molecule has 0 radical (unpaired) electrons. The standard InChI is InChI=1S/C20H25N3O4S/c1-27-19(26)14-7-8-15-16(11-14)22-20(28)23(18(15)25)12-17(24)21-10-9-13-5-3-2-4-6-13/h2-6,14-16H,7-12H2,1H3,(H,21,24)(H,22,28). The number of thiocarbonyl (C=S) groups is 1. The van der Waals surface area contributed by atoms with E-state index in [1.165, 1.54) is 12.0 Å². The summed E-state index contributed by atoms with van der Waals surface area (Å²) in [5.74, 6) is -1.13. The summed E-state index contributed by atoms with van der Waals surface area (Å²) in [4.78, 5) is 38.3. The van der Waals surface area contributed by atoms with Crippen LogP contribution in [0.15, 0.2) is 30.3 Å². The van der Waals surface area contributed by atoms with E-state index in [0.29, 0.717) is 25.8 Å². The Kier molecular flexibility index (Phi) is 6.61. The van der Waals surface area contributed by atoms with Gasteiger partial charge >= 0.3 is 5.97 Å². The van der Waals surface area contributed by atoms with E-state index in [9.17, 15) is 14.4 Å². The molecule has 1 saturated heterocycles. The van der Waals surface area contributed by atoms with Gasteiger partial charge in [-0.15, -0.1) is 0 Å². The van der Waals surface area contributed by atoms with Crippen molar-refractivity contribution in [1.82, 2.24) is 15.5 Å². The highest BCUT2D eigenvalue weighted by Crippen LogP contribution is 2.33. The van der Waals surface area contributed by atoms with Crippen LogP contribution in [0.4, 0.5) is 0 Å². The lowest BCUT2D eigenvalue weighted by Gasteiger charge is -2.43. The van der Waals surface area contributed by atoms with E-state index in [2.05, 4.69) is 10.6 Å². The minimum Gasteiger partial charge on any atom is -0.469 e. The van der Waals surface area contributed by atoms with E-state index in [1.807, 2.05) is 30.3 Å². The van der Waals surface area contributed by atoms with Gasteiger partial charge in [-0.2, -0.15) is 0 Å². The summed E-state index contributed by atoms with van der Waals surface area (Å²) < 4.78 is 4.82. The highest BCUT2D eigenvalue weighted by atomic mass is 32.1. The Morgan fingerprint density at radius 3 is 2.75 bits per heavy atom. The van der Waals surface area contributed by atoms with Crippen LogP contribution in [-0.2, 0) is 25.5 Å². The quantitative estimate of drug-likeness (QED) is 0.545. The number of fused-ring (bicyclic) bond motifs is 1. The second-order valence-electron chi connectivity index (χ2n) is 7.21. The summed E-state index contributed by atoms with van der Waals surface area (Å²) >= 11 is 5.31. The number of hydrogen-bond acceptors (Lipinski definition) is 5. The summed E-state index contributed by atoms with van der Waals surface area (Å²) in [6, 6.07) is 9.69. The Labute approximate surface area is 169 Å². The second-order valence-corrected chi connectivity index (χ2v) is 7.59. The van der Waals surface area contributed by atoms with E-state index in [1.54, 1.807) is 0 Å². The van der Waals surface area contributed by atoms with Gasteiger partial charge in [0, 0.05) is 12.6 Å². The van der Waals surface area contributed by atoms with E-state index >= 15 is 0 Å². The lowest BCUT2D eigenvalue weighted by molar-refractivity contribution is -0.149. The highest BCUT2D eigenvalue weighted by Gasteiger charge is 2.44. The van der Waals surface area contributed by atoms with E-state index in [-0.39, 0.29) is 47.3 Å². The van der Waals surface area contributed by atoms with Crippen molar-refractivity contribution in [2.45, 2.75) is 31.7 Å². The first-order chi connectivity index (χ1) is 13.5. The molecule has 3 unspecified atom stereocenters. The van der Waals surface area contributed by atoms with Crippen molar-refractivity contribution in [3.63, 3.8) is 0 Å². The van der Waals surface area contributed by atoms with Crippen LogP contribution >= 0.6 is 12.2 Å². The molecule has 1 heterocycles. The fraction of sp³-hybridized carbons (Fsp3) is 0.500. The van der Waals surface area contributed by atoms with Crippen LogP contribution in [-0.4, -0.2) is 54.0 Å². The van der Waals surface area contributed by atoms with E-state index in [4.69, 9.17) is 17.0 Å². The third kappa shape index (κ3) is 4.67. The number of rotatable bonds is 6. The van der Waals surface area contributed by atoms with Crippen molar-refractivity contribution >= 4 is 35.1 Å². The van der Waals surface area contributed by atoms with Gasteiger partial charge in [0.2, 0.25) is 11.8 Å². The number of nitrogens with one attached hydrogen (secondary N) is 2. The molecule has 2 amide bonds. The van der Waals surface area contributed by atoms with Gasteiger partial charge < -0.3 is 15.4 Å². The van der Waals surface area contributed by atoms with Crippen LogP contribution in [0.1, 0.15) is 24.8 Å². The van der Waals surface area contributed by atoms with Crippen molar-refractivity contribution in [1.29, 1.82) is 0 Å². The van der Waals surface area contributed by atoms with Crippen LogP contribution < -0.4 is 10.6 Å². The third-order valence-electron chi connectivity index (χ3n) is 5.40. The molecular formula is C20H25N3O4S. The number of methoxy groups -OCH3 is 1. The molecule has 7 nitrogen and oxygen atoms in total. The van der Waals surface area contributed by atoms with E-state index in [0.717, 1.165) is 12.0 Å². The monoisotopic (exact) mass is 403 g/mol. The Hall–Kier alpha value is -2.48. The molecule has 2 fully saturated rings. The number of esters is 1. The topological polar surface area (TPSA) is 87.7 Å². The number of carbonyl (C=O) groups is 3. The minimum absolute atomic E-state index is 0.0941. The third-order valence-corrected chi connectivity index (χ3v) is 5.74. The summed E-state index contributed by atoms with van der Waals surface area (Å²) in [6.45, 7) is 0.404. The van der Waals surface area contributed by atoms with Gasteiger partial charge in [-0.05, 0) is 43.5 Å². The predicted molar refractivity (Wildman–Crippen MR) is 107 cm³/mol. The number of ether oxygens (including phenoxy) is 1. The predicted octanol–water partition coefficient (Wildman–Crippen LogP) is 1.02. The van der Waals surface area contributed by atoms with Gasteiger partial charge in [-0.25, -0.2) is 0 Å². The molecule has 0 aromatic heterocycles. The maximum absolute atomic E-state index is 12.8. The molecule has 0 spiro atoms. The van der Waals surface area contributed by atoms with Crippen LogP contribution in [0, 0.1) is 11.8 Å². The average Bonchev–Trinajstić information content (AvgIpc) is 2.71. The van der Waals surface area contributed by atoms with Crippen molar-refractivity contribution in [3.05, 3.63) is 35.9 Å². The smallest absolute Gasteiger partial charge is 0.308 e. The van der Waals surface area contributed by atoms with Crippen molar-refractivity contribution in [2.75, 3.05) is 20.2 Å². The molecule has 0 bridgehead atoms. The van der Waals surface area contributed by atoms with Gasteiger partial charge in [-0.3, -0.25) is 19.3 Å². The Bertz CT molecular complexity index is 755. The number of benzene rings is 1. The summed E-state index contributed by atoms with van der Waals surface area (Å²) in [5.41, 5.74) is 1.14. The average molecular weight is 404 g/mol. The normalized spacial score (nSPS) is 24.2. The van der Waals surface area contributed by atoms with Crippen LogP contribution in [0.3, 0.4) is 0 Å². The first kappa shape index (κ1) is 20.3. The molecule has 2 N–H and O–H groups in total. The lowest BCUT2D eigenvalue weighted by atomic mass is 9.76. The van der Waals surface area contributed by atoms with Crippen molar-refractivity contribution in [3.8, 4) is 0 Å². The fourth-order valence-corrected chi connectivity index (χ4v) is 4.19. The van der Waals surface area contributed by atoms with Gasteiger partial charge in [0.05, 0.1) is 18.9 Å². The summed E-state index contributed by atoms with van der Waals surface area (Å²) in [6.07, 6.45) is 2.42. The van der Waals surface area contributed by atoms with Crippen LogP contribution in [0.2, 0.25) is 0 Å². The molecule has 28 heavy (non-hydrogen) atoms. The SMILES string of the molecule is COC(=O)C1CCC2C(=O)N(CC(=O)NCCc3ccccc3)C(=S)NC2C1. The van der Waals surface area contributed by atoms with Gasteiger partial charge in [-0.1, -0.05) is 30.3 Å². The first-order valence-corrected chi connectivity index (χ1v) is 9.90. The van der Waals surface area contributed by atoms with Gasteiger partial charge in [0.25, 0.3) is 0 Å². The molecule has 1 aliphatic carbocycles. The molecule has 8 heteroatoms. The molecule has 1 aromatic rings. The Morgan fingerprint density at radius 2 is 2.04 bits per heavy atom. The maximum Gasteiger partial charge on any atom is 0.308 e. The fourth-order valence-electron chi connectivity index (χ4n) is 3.88. The second kappa shape index (κ2) is 9.14. The molecule has 3 atom stereocenters. The zero-order chi connectivity index (χ0) is 20.1. The van der Waals surface area contributed by atoms with Crippen molar-refractivity contribution < 1.29 is 19.1 Å². The number of carbonyl (C=O) groups excluding carboxylic acids is 3. The Balaban J connectivity index is 1.51. The molecule has 3 rings (SSSR count). The minimum atomic E-state index is -0.273. The van der Waals surface area contributed by atoms with Crippen molar-refractivity contribution in [2.24, 2.45) is 11.8 Å². The molecule has 2 aliphatic rings. The lowest BCUT2D eigenvalue weighted by Crippen LogP contribution is -2.63. The number of amides is 2. The largest absolute Gasteiger partial charge is 0.469 e. The van der Waals surface area contributed by atoms with Crippen LogP contribution in [0.25, 0.3) is 0 Å². The number of hydrogen-bond donors (Lipinski definition) is 2. The van der Waals surface area contributed by atoms with Crippen LogP contribution in [0.5, 0.6) is 0 Å². The Morgan fingerprint density at radius 1 is 1.29 bits per heavy atom. The summed E-state index contributed by atoms with van der Waals surface area (Å²) in [7, 11) is 1.37. The zero-order valence-corrected chi connectivity index (χ0v) is 16.7. The summed E-state index contributed by atoms with van der Waals surface area (Å²) in [5, 5.41) is 6.23. The molecule has 150 valence electrons. The molecule has 1 aromatic carbocycles. The number of nitrogens with zero attached hydrogens (tertiary/aromatic N) is 1. The molecule has 1 aliphatic heterocycles. The maximum atomic E-state index is 12.8. The zero-order valence-electron chi connectivity index (χ0n) is 15.8. The van der Waals surface area contributed by atoms with E-state index < -0.39 is 0 Å². The molecular weight excluding hydrogens is 378 g/mol. The van der Waals surface area contributed by atoms with Gasteiger partial charge in [0.15, 0.2) is 5.11 Å². The first-order valence-electron chi connectivity index (χ1n) is 9.50. The van der Waals surface area contributed by atoms with Gasteiger partial charge in [0.1, 0.15) is 6.54 Å². The highest BCUT2D eigenvalue weighted by molar-refractivity contribution is 7.80.